The second-order valence-corrected chi connectivity index (χ2v) is 9.14. The Labute approximate surface area is 197 Å². The van der Waals surface area contributed by atoms with Gasteiger partial charge in [-0.1, -0.05) is 19.1 Å². The van der Waals surface area contributed by atoms with Crippen LogP contribution in [0.1, 0.15) is 53.1 Å². The summed E-state index contributed by atoms with van der Waals surface area (Å²) in [5.74, 6) is -0.145. The van der Waals surface area contributed by atoms with Gasteiger partial charge in [-0.2, -0.15) is 0 Å². The number of hydrogen-bond donors (Lipinski definition) is 1. The highest BCUT2D eigenvalue weighted by molar-refractivity contribution is 7.14. The summed E-state index contributed by atoms with van der Waals surface area (Å²) >= 11 is 1.49. The van der Waals surface area contributed by atoms with Crippen LogP contribution < -0.4 is 10.2 Å². The molecule has 3 aromatic heterocycles. The summed E-state index contributed by atoms with van der Waals surface area (Å²) in [5, 5.41) is 5.72. The maximum Gasteiger partial charge on any atom is 0.274 e. The molecule has 4 aromatic rings. The van der Waals surface area contributed by atoms with Crippen LogP contribution in [-0.4, -0.2) is 27.0 Å². The Morgan fingerprint density at radius 1 is 1.12 bits per heavy atom. The van der Waals surface area contributed by atoms with Crippen molar-refractivity contribution in [2.75, 3.05) is 16.8 Å². The minimum atomic E-state index is -0.145. The average Bonchev–Trinajstić information content (AvgIpc) is 3.60. The largest absolute Gasteiger partial charge is 0.363 e. The van der Waals surface area contributed by atoms with Crippen molar-refractivity contribution in [3.63, 3.8) is 0 Å². The second kappa shape index (κ2) is 9.58. The van der Waals surface area contributed by atoms with E-state index < -0.39 is 0 Å². The number of thiazole rings is 1. The number of hydrogen-bond acceptors (Lipinski definition) is 5. The molecule has 0 bridgehead atoms. The van der Waals surface area contributed by atoms with Gasteiger partial charge in [-0.3, -0.25) is 15.1 Å². The lowest BCUT2D eigenvalue weighted by molar-refractivity contribution is 0.101. The van der Waals surface area contributed by atoms with Crippen molar-refractivity contribution in [2.24, 2.45) is 0 Å². The fourth-order valence-corrected chi connectivity index (χ4v) is 5.16. The van der Waals surface area contributed by atoms with Crippen LogP contribution in [0, 0.1) is 0 Å². The van der Waals surface area contributed by atoms with Crippen LogP contribution in [0.3, 0.4) is 0 Å². The molecule has 1 aromatic carbocycles. The van der Waals surface area contributed by atoms with Gasteiger partial charge >= 0.3 is 0 Å². The third kappa shape index (κ3) is 4.68. The Hall–Kier alpha value is -3.45. The lowest BCUT2D eigenvalue weighted by Crippen LogP contribution is -2.23. The van der Waals surface area contributed by atoms with Crippen molar-refractivity contribution in [3.8, 4) is 0 Å². The van der Waals surface area contributed by atoms with E-state index in [9.17, 15) is 4.79 Å². The second-order valence-electron chi connectivity index (χ2n) is 8.28. The zero-order valence-electron chi connectivity index (χ0n) is 18.6. The van der Waals surface area contributed by atoms with Crippen LogP contribution in [0.25, 0.3) is 0 Å². The van der Waals surface area contributed by atoms with Gasteiger partial charge in [0.2, 0.25) is 0 Å². The molecular formula is C26H27N5OS. The molecule has 1 saturated heterocycles. The number of amides is 1. The Morgan fingerprint density at radius 3 is 2.73 bits per heavy atom. The quantitative estimate of drug-likeness (QED) is 0.396. The minimum Gasteiger partial charge on any atom is -0.363 e. The van der Waals surface area contributed by atoms with Crippen molar-refractivity contribution >= 4 is 28.1 Å². The third-order valence-corrected chi connectivity index (χ3v) is 6.95. The predicted molar refractivity (Wildman–Crippen MR) is 133 cm³/mol. The standard InChI is InChI=1S/C26H27N5OS/c1-2-19-7-9-21(10-8-19)31-16-4-5-23(31)22-18-33-26(28-22)29-25(32)24-6-3-15-30(24)17-20-11-13-27-14-12-20/h3,6-15,18,23H,2,4-5,16-17H2,1H3,(H,28,29,32)/t23-/m1/s1. The van der Waals surface area contributed by atoms with E-state index in [-0.39, 0.29) is 11.9 Å². The molecule has 1 atom stereocenters. The lowest BCUT2D eigenvalue weighted by atomic mass is 10.1. The Morgan fingerprint density at radius 2 is 1.94 bits per heavy atom. The molecule has 5 rings (SSSR count). The van der Waals surface area contributed by atoms with E-state index >= 15 is 0 Å². The highest BCUT2D eigenvalue weighted by Gasteiger charge is 2.28. The molecule has 1 aliphatic heterocycles. The first kappa shape index (κ1) is 21.4. The SMILES string of the molecule is CCc1ccc(N2CCC[C@@H]2c2csc(NC(=O)c3cccn3Cc3ccncc3)n2)cc1. The van der Waals surface area contributed by atoms with Crippen LogP contribution in [0.4, 0.5) is 10.8 Å². The molecule has 0 unspecified atom stereocenters. The summed E-state index contributed by atoms with van der Waals surface area (Å²) in [7, 11) is 0. The number of nitrogens with zero attached hydrogens (tertiary/aromatic N) is 4. The highest BCUT2D eigenvalue weighted by atomic mass is 32.1. The molecule has 1 N–H and O–H groups in total. The summed E-state index contributed by atoms with van der Waals surface area (Å²) < 4.78 is 1.94. The summed E-state index contributed by atoms with van der Waals surface area (Å²) in [5.41, 5.74) is 5.32. The number of benzene rings is 1. The van der Waals surface area contributed by atoms with Crippen molar-refractivity contribution in [2.45, 2.75) is 38.8 Å². The molecule has 0 aliphatic carbocycles. The van der Waals surface area contributed by atoms with Gasteiger partial charge in [0.25, 0.3) is 5.91 Å². The van der Waals surface area contributed by atoms with Crippen LogP contribution >= 0.6 is 11.3 Å². The highest BCUT2D eigenvalue weighted by Crippen LogP contribution is 2.37. The monoisotopic (exact) mass is 457 g/mol. The molecule has 1 amide bonds. The summed E-state index contributed by atoms with van der Waals surface area (Å²) in [6, 6.07) is 16.7. The van der Waals surface area contributed by atoms with Crippen molar-refractivity contribution < 1.29 is 4.79 Å². The molecule has 33 heavy (non-hydrogen) atoms. The summed E-state index contributed by atoms with van der Waals surface area (Å²) in [6.45, 7) is 3.82. The molecule has 0 radical (unpaired) electrons. The van der Waals surface area contributed by atoms with Gasteiger partial charge < -0.3 is 9.47 Å². The molecule has 7 heteroatoms. The number of aromatic nitrogens is 3. The molecule has 0 spiro atoms. The van der Waals surface area contributed by atoms with Crippen molar-refractivity contribution in [1.82, 2.24) is 14.5 Å². The smallest absolute Gasteiger partial charge is 0.274 e. The normalized spacial score (nSPS) is 15.7. The van der Waals surface area contributed by atoms with Crippen LogP contribution in [0.5, 0.6) is 0 Å². The summed E-state index contributed by atoms with van der Waals surface area (Å²) in [6.07, 6.45) is 8.71. The Kier molecular flexibility index (Phi) is 6.21. The van der Waals surface area contributed by atoms with E-state index in [0.717, 1.165) is 37.1 Å². The van der Waals surface area contributed by atoms with E-state index in [1.54, 1.807) is 12.4 Å². The van der Waals surface area contributed by atoms with Gasteiger partial charge in [0.05, 0.1) is 11.7 Å². The molecule has 1 aliphatic rings. The van der Waals surface area contributed by atoms with Crippen LogP contribution in [0.15, 0.2) is 72.5 Å². The maximum atomic E-state index is 13.0. The third-order valence-electron chi connectivity index (χ3n) is 6.18. The van der Waals surface area contributed by atoms with E-state index in [1.807, 2.05) is 35.0 Å². The first-order valence-electron chi connectivity index (χ1n) is 11.4. The molecule has 0 saturated carbocycles. The average molecular weight is 458 g/mol. The predicted octanol–water partition coefficient (Wildman–Crippen LogP) is 5.54. The number of aryl methyl sites for hydroxylation is 1. The van der Waals surface area contributed by atoms with Crippen molar-refractivity contribution in [1.29, 1.82) is 0 Å². The fraction of sp³-hybridized carbons (Fsp3) is 0.269. The van der Waals surface area contributed by atoms with Gasteiger partial charge in [0.1, 0.15) is 5.69 Å². The molecule has 168 valence electrons. The molecule has 1 fully saturated rings. The maximum absolute atomic E-state index is 13.0. The van der Waals surface area contributed by atoms with Crippen molar-refractivity contribution in [3.05, 3.63) is 95.0 Å². The number of carbonyl (C=O) groups excluding carboxylic acids is 1. The zero-order valence-corrected chi connectivity index (χ0v) is 19.5. The van der Waals surface area contributed by atoms with Crippen LogP contribution in [0.2, 0.25) is 0 Å². The zero-order chi connectivity index (χ0) is 22.6. The van der Waals surface area contributed by atoms with E-state index in [2.05, 4.69) is 51.8 Å². The van der Waals surface area contributed by atoms with Gasteiger partial charge in [0, 0.05) is 42.7 Å². The van der Waals surface area contributed by atoms with Crippen LogP contribution in [-0.2, 0) is 13.0 Å². The number of carbonyl (C=O) groups is 1. The van der Waals surface area contributed by atoms with Gasteiger partial charge in [-0.05, 0) is 66.8 Å². The number of rotatable bonds is 7. The van der Waals surface area contributed by atoms with Gasteiger partial charge in [-0.15, -0.1) is 11.3 Å². The van der Waals surface area contributed by atoms with E-state index in [0.29, 0.717) is 17.4 Å². The topological polar surface area (TPSA) is 63.1 Å². The first-order valence-corrected chi connectivity index (χ1v) is 12.3. The first-order chi connectivity index (χ1) is 16.2. The molecule has 4 heterocycles. The molecular weight excluding hydrogens is 430 g/mol. The number of nitrogens with one attached hydrogen (secondary N) is 1. The summed E-state index contributed by atoms with van der Waals surface area (Å²) in [4.78, 5) is 24.3. The van der Waals surface area contributed by atoms with Gasteiger partial charge in [-0.25, -0.2) is 4.98 Å². The number of anilines is 2. The lowest BCUT2D eigenvalue weighted by Gasteiger charge is -2.25. The van der Waals surface area contributed by atoms with E-state index in [4.69, 9.17) is 4.98 Å². The number of pyridine rings is 1. The Bertz CT molecular complexity index is 1210. The van der Waals surface area contributed by atoms with Gasteiger partial charge in [0.15, 0.2) is 5.13 Å². The fourth-order valence-electron chi connectivity index (χ4n) is 4.41. The minimum absolute atomic E-state index is 0.145. The van der Waals surface area contributed by atoms with E-state index in [1.165, 1.54) is 22.6 Å². The molecule has 6 nitrogen and oxygen atoms in total. The Balaban J connectivity index is 1.28.